The Morgan fingerprint density at radius 1 is 1.35 bits per heavy atom. The summed E-state index contributed by atoms with van der Waals surface area (Å²) in [6.07, 6.45) is 1.80. The first kappa shape index (κ1) is 14.9. The summed E-state index contributed by atoms with van der Waals surface area (Å²) in [6.45, 7) is 8.05. The Kier molecular flexibility index (Phi) is 5.37. The Morgan fingerprint density at radius 3 is 2.29 bits per heavy atom. The van der Waals surface area contributed by atoms with Gasteiger partial charge < -0.3 is 5.32 Å². The second-order valence-electron chi connectivity index (χ2n) is 4.85. The van der Waals surface area contributed by atoms with Gasteiger partial charge in [0.15, 0.2) is 0 Å². The largest absolute Gasteiger partial charge is 0.314 e. The van der Waals surface area contributed by atoms with Crippen LogP contribution in [-0.4, -0.2) is 55.8 Å². The lowest BCUT2D eigenvalue weighted by atomic mass is 10.1. The van der Waals surface area contributed by atoms with Gasteiger partial charge in [-0.1, -0.05) is 6.92 Å². The summed E-state index contributed by atoms with van der Waals surface area (Å²) in [6, 6.07) is 0.474. The summed E-state index contributed by atoms with van der Waals surface area (Å²) in [5.41, 5.74) is 0. The Hall–Kier alpha value is -0.170. The summed E-state index contributed by atoms with van der Waals surface area (Å²) in [5.74, 6) is 0. The Labute approximate surface area is 105 Å². The number of piperidine rings is 1. The third-order valence-electron chi connectivity index (χ3n) is 3.36. The van der Waals surface area contributed by atoms with E-state index in [9.17, 15) is 8.42 Å². The molecule has 0 radical (unpaired) electrons. The third-order valence-corrected chi connectivity index (χ3v) is 5.53. The number of rotatable bonds is 5. The Morgan fingerprint density at radius 2 is 1.88 bits per heavy atom. The van der Waals surface area contributed by atoms with Crippen LogP contribution in [0.2, 0.25) is 0 Å². The highest BCUT2D eigenvalue weighted by molar-refractivity contribution is 7.86. The average Bonchev–Trinajstić information content (AvgIpc) is 2.29. The molecule has 1 saturated heterocycles. The summed E-state index contributed by atoms with van der Waals surface area (Å²) < 4.78 is 27.5. The molecule has 5 nitrogen and oxygen atoms in total. The maximum atomic E-state index is 12.2. The number of hydrogen-bond acceptors (Lipinski definition) is 3. The van der Waals surface area contributed by atoms with Gasteiger partial charge in [-0.25, -0.2) is 0 Å². The zero-order valence-electron chi connectivity index (χ0n) is 11.3. The van der Waals surface area contributed by atoms with Crippen molar-refractivity contribution < 1.29 is 8.42 Å². The van der Waals surface area contributed by atoms with E-state index < -0.39 is 10.2 Å². The molecule has 0 aromatic carbocycles. The summed E-state index contributed by atoms with van der Waals surface area (Å²) in [5, 5.41) is 3.37. The van der Waals surface area contributed by atoms with Gasteiger partial charge >= 0.3 is 0 Å². The van der Waals surface area contributed by atoms with Crippen LogP contribution in [0.5, 0.6) is 0 Å². The molecule has 1 aliphatic rings. The molecule has 0 unspecified atom stereocenters. The monoisotopic (exact) mass is 263 g/mol. The van der Waals surface area contributed by atoms with E-state index in [0.717, 1.165) is 19.4 Å². The van der Waals surface area contributed by atoms with E-state index in [2.05, 4.69) is 12.2 Å². The fraction of sp³-hybridized carbons (Fsp3) is 1.00. The molecular weight excluding hydrogens is 238 g/mol. The predicted molar refractivity (Wildman–Crippen MR) is 70.1 cm³/mol. The van der Waals surface area contributed by atoms with Crippen LogP contribution in [0.1, 0.15) is 33.6 Å². The second-order valence-corrected chi connectivity index (χ2v) is 6.84. The molecule has 102 valence electrons. The minimum atomic E-state index is -3.26. The molecule has 0 aromatic rings. The van der Waals surface area contributed by atoms with Crippen molar-refractivity contribution in [1.82, 2.24) is 13.9 Å². The van der Waals surface area contributed by atoms with Crippen molar-refractivity contribution in [2.45, 2.75) is 45.7 Å². The van der Waals surface area contributed by atoms with Gasteiger partial charge in [0, 0.05) is 32.2 Å². The molecule has 0 spiro atoms. The quantitative estimate of drug-likeness (QED) is 0.792. The predicted octanol–water partition coefficient (Wildman–Crippen LogP) is 0.645. The van der Waals surface area contributed by atoms with E-state index >= 15 is 0 Å². The lowest BCUT2D eigenvalue weighted by molar-refractivity contribution is 0.268. The molecule has 0 saturated carbocycles. The van der Waals surface area contributed by atoms with Crippen LogP contribution in [0.25, 0.3) is 0 Å². The molecule has 1 heterocycles. The summed E-state index contributed by atoms with van der Waals surface area (Å²) >= 11 is 0. The Balaban J connectivity index is 2.59. The molecule has 0 atom stereocenters. The van der Waals surface area contributed by atoms with Crippen molar-refractivity contribution in [2.24, 2.45) is 0 Å². The van der Waals surface area contributed by atoms with Crippen LogP contribution in [0, 0.1) is 0 Å². The molecule has 0 amide bonds. The number of nitrogens with zero attached hydrogens (tertiary/aromatic N) is 2. The molecule has 0 aromatic heterocycles. The fourth-order valence-electron chi connectivity index (χ4n) is 2.03. The SMILES string of the molecule is CCNC1CCN(S(=O)(=O)N(C)C(C)C)CC1. The molecule has 17 heavy (non-hydrogen) atoms. The highest BCUT2D eigenvalue weighted by Gasteiger charge is 2.31. The van der Waals surface area contributed by atoms with E-state index in [1.807, 2.05) is 13.8 Å². The number of nitrogens with one attached hydrogen (secondary N) is 1. The first-order valence-electron chi connectivity index (χ1n) is 6.36. The summed E-state index contributed by atoms with van der Waals surface area (Å²) in [4.78, 5) is 0. The van der Waals surface area contributed by atoms with Gasteiger partial charge in [-0.05, 0) is 33.2 Å². The van der Waals surface area contributed by atoms with Gasteiger partial charge in [-0.15, -0.1) is 0 Å². The van der Waals surface area contributed by atoms with Crippen LogP contribution < -0.4 is 5.32 Å². The first-order valence-corrected chi connectivity index (χ1v) is 7.75. The minimum Gasteiger partial charge on any atom is -0.314 e. The van der Waals surface area contributed by atoms with Crippen LogP contribution in [0.4, 0.5) is 0 Å². The standard InChI is InChI=1S/C11H25N3O2S/c1-5-12-11-6-8-14(9-7-11)17(15,16)13(4)10(2)3/h10-12H,5-9H2,1-4H3. The van der Waals surface area contributed by atoms with Crippen molar-refractivity contribution >= 4 is 10.2 Å². The fourth-order valence-corrected chi connectivity index (χ4v) is 3.60. The van der Waals surface area contributed by atoms with Gasteiger partial charge in [-0.3, -0.25) is 0 Å². The van der Waals surface area contributed by atoms with Crippen LogP contribution in [0.3, 0.4) is 0 Å². The normalized spacial score (nSPS) is 20.4. The third kappa shape index (κ3) is 3.64. The molecule has 1 fully saturated rings. The van der Waals surface area contributed by atoms with Crippen molar-refractivity contribution in [3.05, 3.63) is 0 Å². The molecule has 1 aliphatic heterocycles. The highest BCUT2D eigenvalue weighted by atomic mass is 32.2. The topological polar surface area (TPSA) is 52.7 Å². The number of hydrogen-bond donors (Lipinski definition) is 1. The van der Waals surface area contributed by atoms with Crippen LogP contribution in [-0.2, 0) is 10.2 Å². The summed E-state index contributed by atoms with van der Waals surface area (Å²) in [7, 11) is -1.61. The maximum absolute atomic E-state index is 12.2. The van der Waals surface area contributed by atoms with Gasteiger partial charge in [0.05, 0.1) is 0 Å². The van der Waals surface area contributed by atoms with Gasteiger partial charge in [0.1, 0.15) is 0 Å². The van der Waals surface area contributed by atoms with Gasteiger partial charge in [0.25, 0.3) is 10.2 Å². The van der Waals surface area contributed by atoms with E-state index in [4.69, 9.17) is 0 Å². The maximum Gasteiger partial charge on any atom is 0.281 e. The van der Waals surface area contributed by atoms with E-state index in [-0.39, 0.29) is 6.04 Å². The van der Waals surface area contributed by atoms with Crippen molar-refractivity contribution in [3.8, 4) is 0 Å². The lowest BCUT2D eigenvalue weighted by Crippen LogP contribution is -2.50. The van der Waals surface area contributed by atoms with E-state index in [1.54, 1.807) is 11.4 Å². The van der Waals surface area contributed by atoms with E-state index in [1.165, 1.54) is 4.31 Å². The minimum absolute atomic E-state index is 0.00601. The first-order chi connectivity index (χ1) is 7.89. The van der Waals surface area contributed by atoms with Crippen molar-refractivity contribution in [1.29, 1.82) is 0 Å². The van der Waals surface area contributed by atoms with E-state index in [0.29, 0.717) is 19.1 Å². The van der Waals surface area contributed by atoms with Crippen LogP contribution >= 0.6 is 0 Å². The molecule has 6 heteroatoms. The zero-order chi connectivity index (χ0) is 13.1. The van der Waals surface area contributed by atoms with Crippen molar-refractivity contribution in [2.75, 3.05) is 26.7 Å². The smallest absolute Gasteiger partial charge is 0.281 e. The molecule has 1 N–H and O–H groups in total. The Bertz CT molecular complexity index is 322. The lowest BCUT2D eigenvalue weighted by Gasteiger charge is -2.35. The molecule has 0 aliphatic carbocycles. The van der Waals surface area contributed by atoms with Crippen molar-refractivity contribution in [3.63, 3.8) is 0 Å². The molecular formula is C11H25N3O2S. The average molecular weight is 263 g/mol. The molecule has 0 bridgehead atoms. The molecule has 1 rings (SSSR count). The zero-order valence-corrected chi connectivity index (χ0v) is 12.1. The van der Waals surface area contributed by atoms with Crippen LogP contribution in [0.15, 0.2) is 0 Å². The highest BCUT2D eigenvalue weighted by Crippen LogP contribution is 2.17. The van der Waals surface area contributed by atoms with Gasteiger partial charge in [-0.2, -0.15) is 17.0 Å². The second kappa shape index (κ2) is 6.13. The van der Waals surface area contributed by atoms with Gasteiger partial charge in [0.2, 0.25) is 0 Å².